The van der Waals surface area contributed by atoms with Gasteiger partial charge in [-0.25, -0.2) is 8.78 Å². The minimum atomic E-state index is -0.346. The third-order valence-electron chi connectivity index (χ3n) is 2.20. The van der Waals surface area contributed by atoms with E-state index in [0.717, 1.165) is 6.21 Å². The van der Waals surface area contributed by atoms with Crippen molar-refractivity contribution in [2.75, 3.05) is 10.9 Å². The average Bonchev–Trinajstić information content (AvgIpc) is 2.63. The Balaban J connectivity index is 0. The lowest BCUT2D eigenvalue weighted by Crippen LogP contribution is -2.06. The van der Waals surface area contributed by atoms with Gasteiger partial charge in [-0.1, -0.05) is 12.1 Å². The van der Waals surface area contributed by atoms with Crippen molar-refractivity contribution in [2.45, 2.75) is 0 Å². The van der Waals surface area contributed by atoms with Crippen molar-refractivity contribution in [1.82, 2.24) is 0 Å². The molecule has 0 amide bonds. The molecular weight excluding hydrogens is 370 g/mol. The van der Waals surface area contributed by atoms with E-state index in [1.54, 1.807) is 24.3 Å². The molecule has 0 aliphatic rings. The lowest BCUT2D eigenvalue weighted by atomic mass is 10.3. The molecule has 0 radical (unpaired) electrons. The zero-order valence-electron chi connectivity index (χ0n) is 13.3. The number of rotatable bonds is 5. The molecule has 2 rings (SSSR count). The topological polar surface area (TPSA) is 114 Å². The lowest BCUT2D eigenvalue weighted by molar-refractivity contribution is -0.122. The third-order valence-corrected chi connectivity index (χ3v) is 2.20. The summed E-state index contributed by atoms with van der Waals surface area (Å²) in [5, 5.41) is 3.49. The van der Waals surface area contributed by atoms with E-state index in [4.69, 9.17) is 15.4 Å². The van der Waals surface area contributed by atoms with Crippen molar-refractivity contribution < 1.29 is 23.2 Å². The van der Waals surface area contributed by atoms with Crippen LogP contribution >= 0.6 is 12.4 Å². The van der Waals surface area contributed by atoms with Crippen molar-refractivity contribution in [3.05, 3.63) is 60.2 Å². The fourth-order valence-electron chi connectivity index (χ4n) is 1.28. The SMILES string of the molecule is Cl.NNc1cccc(F)c1.O=C/C=N/Nc1cccc(F)c1.O=CC=O. The molecule has 0 heterocycles. The van der Waals surface area contributed by atoms with Gasteiger partial charge in [-0.15, -0.1) is 12.4 Å². The first-order chi connectivity index (χ1) is 12.1. The molecule has 2 aromatic carbocycles. The van der Waals surface area contributed by atoms with Crippen molar-refractivity contribution >= 4 is 48.9 Å². The van der Waals surface area contributed by atoms with Crippen LogP contribution in [0.3, 0.4) is 0 Å². The van der Waals surface area contributed by atoms with Gasteiger partial charge in [0.2, 0.25) is 0 Å². The van der Waals surface area contributed by atoms with Gasteiger partial charge < -0.3 is 5.43 Å². The van der Waals surface area contributed by atoms with Crippen LogP contribution < -0.4 is 16.7 Å². The van der Waals surface area contributed by atoms with Gasteiger partial charge in [0, 0.05) is 0 Å². The van der Waals surface area contributed by atoms with Crippen LogP contribution in [-0.4, -0.2) is 25.1 Å². The summed E-state index contributed by atoms with van der Waals surface area (Å²) in [5.74, 6) is 4.37. The Morgan fingerprint density at radius 2 is 1.35 bits per heavy atom. The summed E-state index contributed by atoms with van der Waals surface area (Å²) < 4.78 is 24.8. The number of benzene rings is 2. The van der Waals surface area contributed by atoms with Gasteiger partial charge in [0.15, 0.2) is 18.9 Å². The molecule has 0 aliphatic carbocycles. The molecule has 140 valence electrons. The maximum Gasteiger partial charge on any atom is 0.182 e. The maximum atomic E-state index is 12.5. The predicted molar refractivity (Wildman–Crippen MR) is 98.2 cm³/mol. The quantitative estimate of drug-likeness (QED) is 0.239. The second kappa shape index (κ2) is 16.7. The Morgan fingerprint density at radius 1 is 0.846 bits per heavy atom. The highest BCUT2D eigenvalue weighted by Crippen LogP contribution is 2.08. The van der Waals surface area contributed by atoms with Crippen LogP contribution in [0.25, 0.3) is 0 Å². The van der Waals surface area contributed by atoms with Gasteiger partial charge in [0.05, 0.1) is 17.6 Å². The summed E-state index contributed by atoms with van der Waals surface area (Å²) in [5.41, 5.74) is 5.90. The van der Waals surface area contributed by atoms with E-state index in [-0.39, 0.29) is 36.6 Å². The van der Waals surface area contributed by atoms with E-state index in [1.807, 2.05) is 0 Å². The number of hydrogen-bond acceptors (Lipinski definition) is 7. The first-order valence-corrected chi connectivity index (χ1v) is 6.66. The summed E-state index contributed by atoms with van der Waals surface area (Å²) in [4.78, 5) is 27.4. The number of anilines is 2. The predicted octanol–water partition coefficient (Wildman–Crippen LogP) is 2.34. The van der Waals surface area contributed by atoms with Crippen molar-refractivity contribution in [1.29, 1.82) is 0 Å². The molecule has 26 heavy (non-hydrogen) atoms. The highest BCUT2D eigenvalue weighted by atomic mass is 35.5. The summed E-state index contributed by atoms with van der Waals surface area (Å²) >= 11 is 0. The van der Waals surface area contributed by atoms with Crippen molar-refractivity contribution in [3.8, 4) is 0 Å². The highest BCUT2D eigenvalue weighted by molar-refractivity contribution is 6.13. The Morgan fingerprint density at radius 3 is 1.73 bits per heavy atom. The van der Waals surface area contributed by atoms with Crippen LogP contribution in [-0.2, 0) is 14.4 Å². The normalized spacial score (nSPS) is 8.58. The minimum absolute atomic E-state index is 0. The molecule has 4 N–H and O–H groups in total. The van der Waals surface area contributed by atoms with Gasteiger partial charge >= 0.3 is 0 Å². The van der Waals surface area contributed by atoms with E-state index >= 15 is 0 Å². The van der Waals surface area contributed by atoms with Crippen LogP contribution in [0.15, 0.2) is 53.6 Å². The Hall–Kier alpha value is -3.17. The van der Waals surface area contributed by atoms with Gasteiger partial charge in [0.1, 0.15) is 11.6 Å². The average molecular weight is 387 g/mol. The second-order valence-corrected chi connectivity index (χ2v) is 3.96. The molecule has 0 aliphatic heterocycles. The van der Waals surface area contributed by atoms with Gasteiger partial charge in [-0.05, 0) is 36.4 Å². The molecule has 2 aromatic rings. The summed E-state index contributed by atoms with van der Waals surface area (Å²) in [6.45, 7) is 0. The van der Waals surface area contributed by atoms with Gasteiger partial charge in [-0.3, -0.25) is 25.7 Å². The molecule has 0 aromatic heterocycles. The number of hydrogen-bond donors (Lipinski definition) is 3. The van der Waals surface area contributed by atoms with Gasteiger partial charge in [0.25, 0.3) is 0 Å². The molecule has 10 heteroatoms. The zero-order valence-corrected chi connectivity index (χ0v) is 14.2. The smallest absolute Gasteiger partial charge is 0.182 e. The molecule has 0 saturated carbocycles. The lowest BCUT2D eigenvalue weighted by Gasteiger charge is -1.97. The monoisotopic (exact) mass is 386 g/mol. The zero-order chi connectivity index (χ0) is 18.9. The Kier molecular flexibility index (Phi) is 16.1. The largest absolute Gasteiger partial charge is 0.324 e. The Bertz CT molecular complexity index is 697. The number of nitrogen functional groups attached to an aromatic ring is 1. The summed E-state index contributed by atoms with van der Waals surface area (Å²) in [6.07, 6.45) is 1.97. The second-order valence-electron chi connectivity index (χ2n) is 3.96. The van der Waals surface area contributed by atoms with E-state index in [0.29, 0.717) is 17.7 Å². The molecule has 0 fully saturated rings. The maximum absolute atomic E-state index is 12.5. The minimum Gasteiger partial charge on any atom is -0.324 e. The number of carbonyl (C=O) groups is 3. The van der Waals surface area contributed by atoms with Crippen LogP contribution in [0.4, 0.5) is 20.2 Å². The van der Waals surface area contributed by atoms with E-state index in [2.05, 4.69) is 16.0 Å². The van der Waals surface area contributed by atoms with Crippen LogP contribution in [0.5, 0.6) is 0 Å². The number of halogens is 3. The van der Waals surface area contributed by atoms with Gasteiger partial charge in [-0.2, -0.15) is 5.10 Å². The molecule has 0 spiro atoms. The van der Waals surface area contributed by atoms with Crippen molar-refractivity contribution in [3.63, 3.8) is 0 Å². The first-order valence-electron chi connectivity index (χ1n) is 6.66. The van der Waals surface area contributed by atoms with Crippen LogP contribution in [0, 0.1) is 11.6 Å². The molecule has 7 nitrogen and oxygen atoms in total. The molecule has 0 bridgehead atoms. The number of hydrazone groups is 1. The van der Waals surface area contributed by atoms with Crippen LogP contribution in [0.2, 0.25) is 0 Å². The number of nitrogens with two attached hydrogens (primary N) is 1. The molecular formula is C16H17ClF2N4O3. The molecule has 0 saturated heterocycles. The Labute approximate surface area is 154 Å². The standard InChI is InChI=1S/C8H7FN2O.C6H7FN2.C2H2O2.ClH/c9-7-2-1-3-8(6-7)11-10-4-5-12;7-5-2-1-3-6(4-5)9-8;3-1-2-4;/h1-6,11H;1-4,9H,8H2;1-2H;1H/b10-4+;;;. The van der Waals surface area contributed by atoms with E-state index < -0.39 is 0 Å². The molecule has 0 atom stereocenters. The van der Waals surface area contributed by atoms with E-state index in [9.17, 15) is 13.6 Å². The number of nitrogens with one attached hydrogen (secondary N) is 2. The first kappa shape index (κ1) is 25.1. The number of aldehydes is 3. The highest BCUT2D eigenvalue weighted by Gasteiger charge is 1.90. The third kappa shape index (κ3) is 13.3. The molecule has 0 unspecified atom stereocenters. The van der Waals surface area contributed by atoms with Crippen molar-refractivity contribution in [2.24, 2.45) is 10.9 Å². The van der Waals surface area contributed by atoms with Crippen LogP contribution in [0.1, 0.15) is 0 Å². The fourth-order valence-corrected chi connectivity index (χ4v) is 1.28. The summed E-state index contributed by atoms with van der Waals surface area (Å²) in [6, 6.07) is 11.8. The number of hydrazine groups is 1. The fraction of sp³-hybridized carbons (Fsp3) is 0. The van der Waals surface area contributed by atoms with E-state index in [1.165, 1.54) is 24.3 Å². The summed E-state index contributed by atoms with van der Waals surface area (Å²) in [7, 11) is 0. The number of nitrogens with zero attached hydrogens (tertiary/aromatic N) is 1. The number of carbonyl (C=O) groups excluding carboxylic acids is 3.